The van der Waals surface area contributed by atoms with Crippen LogP contribution in [0.3, 0.4) is 0 Å². The van der Waals surface area contributed by atoms with Crippen molar-refractivity contribution in [3.63, 3.8) is 0 Å². The van der Waals surface area contributed by atoms with Crippen molar-refractivity contribution < 1.29 is 62.4 Å². The van der Waals surface area contributed by atoms with Gasteiger partial charge in [0, 0.05) is 33.5 Å². The summed E-state index contributed by atoms with van der Waals surface area (Å²) in [4.78, 5) is 112. The molecular formula is C51H66N4O13. The maximum atomic E-state index is 14.4. The van der Waals surface area contributed by atoms with E-state index in [0.717, 1.165) is 15.4 Å². The van der Waals surface area contributed by atoms with Crippen LogP contribution in [0.4, 0.5) is 0 Å². The number of hydrogen-bond donors (Lipinski definition) is 2. The average molecular weight is 943 g/mol. The number of rotatable bonds is 23. The normalized spacial score (nSPS) is 16.7. The van der Waals surface area contributed by atoms with Crippen molar-refractivity contribution >= 4 is 47.6 Å². The number of ether oxygens (including phenoxy) is 4. The highest BCUT2D eigenvalue weighted by Crippen LogP contribution is 2.24. The molecule has 0 aliphatic carbocycles. The molecule has 1 aliphatic heterocycles. The summed E-state index contributed by atoms with van der Waals surface area (Å²) in [5.74, 6) is -7.07. The molecule has 1 aliphatic rings. The van der Waals surface area contributed by atoms with Gasteiger partial charge in [0.15, 0.2) is 24.4 Å². The van der Waals surface area contributed by atoms with Crippen molar-refractivity contribution in [1.29, 1.82) is 0 Å². The average Bonchev–Trinajstić information content (AvgIpc) is 3.33. The molecule has 0 unspecified atom stereocenters. The van der Waals surface area contributed by atoms with E-state index in [9.17, 15) is 43.5 Å². The Bertz CT molecular complexity index is 2170. The lowest BCUT2D eigenvalue weighted by molar-refractivity contribution is -0.175. The fourth-order valence-corrected chi connectivity index (χ4v) is 7.87. The summed E-state index contributed by atoms with van der Waals surface area (Å²) >= 11 is 0. The molecule has 3 aromatic carbocycles. The molecule has 3 amide bonds. The van der Waals surface area contributed by atoms with Gasteiger partial charge in [-0.1, -0.05) is 105 Å². The topological polar surface area (TPSA) is 215 Å². The SMILES string of the molecule is CN[C@@H](Cc1ccccc1)C(=O)O[C@H](C)C(=O)N(C)[C@@H](Cc1ccccc1)C(=O)O[C@H](C)C(=O)N(C)[C@@H](CC(C)C)C(=O)O[C@H](Cc1ccccc1)C(=O)N1CCCC[C@H]1C(=O)O[C@H](C)C(=O)O. The number of carboxylic acids is 1. The number of carbonyl (C=O) groups is 8. The van der Waals surface area contributed by atoms with Gasteiger partial charge in [0.2, 0.25) is 0 Å². The Morgan fingerprint density at radius 1 is 0.618 bits per heavy atom. The third-order valence-corrected chi connectivity index (χ3v) is 11.8. The van der Waals surface area contributed by atoms with Gasteiger partial charge in [0.1, 0.15) is 24.2 Å². The molecular weight excluding hydrogens is 877 g/mol. The molecule has 8 atom stereocenters. The van der Waals surface area contributed by atoms with E-state index in [4.69, 9.17) is 18.9 Å². The maximum absolute atomic E-state index is 14.4. The van der Waals surface area contributed by atoms with Gasteiger partial charge in [-0.15, -0.1) is 0 Å². The number of nitrogens with one attached hydrogen (secondary N) is 1. The van der Waals surface area contributed by atoms with Crippen molar-refractivity contribution in [3.05, 3.63) is 108 Å². The van der Waals surface area contributed by atoms with E-state index in [0.29, 0.717) is 30.4 Å². The zero-order valence-corrected chi connectivity index (χ0v) is 40.2. The fraction of sp³-hybridized carbons (Fsp3) is 0.490. The Kier molecular flexibility index (Phi) is 20.7. The smallest absolute Gasteiger partial charge is 0.344 e. The van der Waals surface area contributed by atoms with E-state index >= 15 is 0 Å². The number of nitrogens with zero attached hydrogens (tertiary/aromatic N) is 3. The Hall–Kier alpha value is -6.62. The summed E-state index contributed by atoms with van der Waals surface area (Å²) < 4.78 is 22.6. The van der Waals surface area contributed by atoms with E-state index in [1.807, 2.05) is 44.2 Å². The number of aliphatic carboxylic acids is 1. The first-order valence-electron chi connectivity index (χ1n) is 23.0. The molecule has 3 aromatic rings. The Labute approximate surface area is 398 Å². The molecule has 1 fully saturated rings. The molecule has 368 valence electrons. The van der Waals surface area contributed by atoms with Crippen LogP contribution in [0.15, 0.2) is 91.0 Å². The number of amides is 3. The van der Waals surface area contributed by atoms with Crippen molar-refractivity contribution in [2.24, 2.45) is 5.92 Å². The first-order chi connectivity index (χ1) is 32.3. The zero-order chi connectivity index (χ0) is 50.1. The minimum Gasteiger partial charge on any atom is -0.479 e. The van der Waals surface area contributed by atoms with Crippen LogP contribution in [0, 0.1) is 5.92 Å². The standard InChI is InChI=1S/C51H66N4O13/c1-32(2)28-41(51(64)68-43(31-38-24-16-11-17-25-38)46(58)55-27-19-18-26-40(55)49(62)67-35(5)47(59)60)53(7)45(57)34(4)66-50(63)42(30-37-22-14-10-15-23-37)54(8)44(56)33(3)65-48(61)39(52-6)29-36-20-12-9-13-21-36/h9-17,20-25,32-35,39-43,52H,18-19,26-31H2,1-8H3,(H,59,60)/t33-,34-,35-,39+,40+,41+,42+,43-/m1/s1. The van der Waals surface area contributed by atoms with Crippen LogP contribution >= 0.6 is 0 Å². The van der Waals surface area contributed by atoms with Crippen molar-refractivity contribution in [2.45, 2.75) is 128 Å². The van der Waals surface area contributed by atoms with Gasteiger partial charge >= 0.3 is 29.8 Å². The van der Waals surface area contributed by atoms with Crippen LogP contribution in [0.2, 0.25) is 0 Å². The maximum Gasteiger partial charge on any atom is 0.344 e. The second-order valence-electron chi connectivity index (χ2n) is 17.5. The molecule has 17 heteroatoms. The Morgan fingerprint density at radius 2 is 1.09 bits per heavy atom. The number of esters is 4. The number of benzene rings is 3. The number of hydrogen-bond acceptors (Lipinski definition) is 13. The summed E-state index contributed by atoms with van der Waals surface area (Å²) in [5, 5.41) is 12.3. The zero-order valence-electron chi connectivity index (χ0n) is 40.2. The van der Waals surface area contributed by atoms with Crippen LogP contribution in [0.5, 0.6) is 0 Å². The second kappa shape index (κ2) is 26.1. The highest BCUT2D eigenvalue weighted by atomic mass is 16.6. The molecule has 0 aromatic heterocycles. The van der Waals surface area contributed by atoms with Crippen LogP contribution < -0.4 is 5.32 Å². The number of piperidine rings is 1. The molecule has 17 nitrogen and oxygen atoms in total. The Morgan fingerprint density at radius 3 is 1.59 bits per heavy atom. The summed E-state index contributed by atoms with van der Waals surface area (Å²) in [6.07, 6.45) is -4.06. The molecule has 1 saturated heterocycles. The van der Waals surface area contributed by atoms with Gasteiger partial charge in [0.25, 0.3) is 17.7 Å². The molecule has 4 rings (SSSR count). The highest BCUT2D eigenvalue weighted by molar-refractivity contribution is 5.93. The van der Waals surface area contributed by atoms with Crippen LogP contribution in [-0.2, 0) is 76.6 Å². The number of likely N-dealkylation sites (tertiary alicyclic amines) is 1. The van der Waals surface area contributed by atoms with E-state index in [-0.39, 0.29) is 38.1 Å². The van der Waals surface area contributed by atoms with Gasteiger partial charge in [-0.3, -0.25) is 19.2 Å². The lowest BCUT2D eigenvalue weighted by atomic mass is 9.99. The van der Waals surface area contributed by atoms with Crippen LogP contribution in [-0.4, -0.2) is 144 Å². The van der Waals surface area contributed by atoms with E-state index in [1.54, 1.807) is 67.7 Å². The van der Waals surface area contributed by atoms with E-state index in [1.165, 1.54) is 39.8 Å². The third kappa shape index (κ3) is 15.5. The van der Waals surface area contributed by atoms with Gasteiger partial charge in [-0.05, 0) is 82.5 Å². The Balaban J connectivity index is 1.53. The monoisotopic (exact) mass is 942 g/mol. The minimum atomic E-state index is -1.48. The summed E-state index contributed by atoms with van der Waals surface area (Å²) in [6, 6.07) is 22.5. The molecule has 0 saturated carbocycles. The lowest BCUT2D eigenvalue weighted by Gasteiger charge is -2.37. The third-order valence-electron chi connectivity index (χ3n) is 11.8. The van der Waals surface area contributed by atoms with E-state index in [2.05, 4.69) is 5.32 Å². The molecule has 1 heterocycles. The number of carboxylic acid groups (broad SMARTS) is 1. The van der Waals surface area contributed by atoms with Crippen molar-refractivity contribution in [3.8, 4) is 0 Å². The predicted molar refractivity (Wildman–Crippen MR) is 249 cm³/mol. The summed E-state index contributed by atoms with van der Waals surface area (Å²) in [7, 11) is 4.35. The van der Waals surface area contributed by atoms with Gasteiger partial charge in [0.05, 0.1) is 0 Å². The second-order valence-corrected chi connectivity index (χ2v) is 17.5. The molecule has 0 bridgehead atoms. The van der Waals surface area contributed by atoms with Gasteiger partial charge in [-0.2, -0.15) is 0 Å². The van der Waals surface area contributed by atoms with Crippen LogP contribution in [0.25, 0.3) is 0 Å². The van der Waals surface area contributed by atoms with Crippen molar-refractivity contribution in [1.82, 2.24) is 20.0 Å². The predicted octanol–water partition coefficient (Wildman–Crippen LogP) is 4.18. The number of carbonyl (C=O) groups excluding carboxylic acids is 7. The van der Waals surface area contributed by atoms with Gasteiger partial charge in [-0.25, -0.2) is 19.2 Å². The van der Waals surface area contributed by atoms with Gasteiger partial charge < -0.3 is 44.1 Å². The van der Waals surface area contributed by atoms with Crippen LogP contribution in [0.1, 0.15) is 77.0 Å². The van der Waals surface area contributed by atoms with E-state index < -0.39 is 96.2 Å². The molecule has 68 heavy (non-hydrogen) atoms. The number of likely N-dealkylation sites (N-methyl/N-ethyl adjacent to an activating group) is 3. The molecule has 0 spiro atoms. The minimum absolute atomic E-state index is 0.0141. The summed E-state index contributed by atoms with van der Waals surface area (Å²) in [6.45, 7) is 7.75. The highest BCUT2D eigenvalue weighted by Gasteiger charge is 2.42. The quantitative estimate of drug-likeness (QED) is 0.101. The lowest BCUT2D eigenvalue weighted by Crippen LogP contribution is -2.55. The first-order valence-corrected chi connectivity index (χ1v) is 23.0. The summed E-state index contributed by atoms with van der Waals surface area (Å²) in [5.41, 5.74) is 2.20. The fourth-order valence-electron chi connectivity index (χ4n) is 7.87. The first kappa shape index (κ1) is 54.0. The largest absolute Gasteiger partial charge is 0.479 e. The van der Waals surface area contributed by atoms with Crippen molar-refractivity contribution in [2.75, 3.05) is 27.7 Å². The molecule has 2 N–H and O–H groups in total. The molecule has 0 radical (unpaired) electrons.